The molecule has 1 aliphatic heterocycles. The normalized spacial score (nSPS) is 16.5. The highest BCUT2D eigenvalue weighted by atomic mass is 16.5. The summed E-state index contributed by atoms with van der Waals surface area (Å²) in [7, 11) is 1.87. The van der Waals surface area contributed by atoms with Gasteiger partial charge in [0.1, 0.15) is 17.5 Å². The molecule has 0 saturated carbocycles. The Hall–Kier alpha value is -1.54. The number of aryl methyl sites for hydroxylation is 2. The summed E-state index contributed by atoms with van der Waals surface area (Å²) in [6.07, 6.45) is 0. The predicted octanol–water partition coefficient (Wildman–Crippen LogP) is 0.437. The lowest BCUT2D eigenvalue weighted by molar-refractivity contribution is 0.122. The molecule has 0 bridgehead atoms. The maximum absolute atomic E-state index is 9.08. The van der Waals surface area contributed by atoms with Gasteiger partial charge >= 0.3 is 0 Å². The minimum atomic E-state index is 0.680. The van der Waals surface area contributed by atoms with Gasteiger partial charge in [0, 0.05) is 20.1 Å². The molecule has 1 fully saturated rings. The van der Waals surface area contributed by atoms with Gasteiger partial charge < -0.3 is 9.64 Å². The summed E-state index contributed by atoms with van der Waals surface area (Å²) in [5.74, 6) is 0.915. The van der Waals surface area contributed by atoms with Crippen molar-refractivity contribution in [3.8, 4) is 6.07 Å². The molecule has 1 aromatic heterocycles. The Kier molecular flexibility index (Phi) is 2.60. The van der Waals surface area contributed by atoms with Crippen molar-refractivity contribution in [1.29, 1.82) is 5.26 Å². The molecule has 0 amide bonds. The predicted molar refractivity (Wildman–Crippen MR) is 55.7 cm³/mol. The molecule has 1 aromatic rings. The number of aromatic nitrogens is 2. The van der Waals surface area contributed by atoms with E-state index in [1.165, 1.54) is 0 Å². The van der Waals surface area contributed by atoms with Crippen LogP contribution in [0.25, 0.3) is 0 Å². The van der Waals surface area contributed by atoms with E-state index in [0.717, 1.165) is 37.8 Å². The third-order valence-corrected chi connectivity index (χ3v) is 2.61. The largest absolute Gasteiger partial charge is 0.378 e. The van der Waals surface area contributed by atoms with E-state index < -0.39 is 0 Å². The molecule has 5 heteroatoms. The maximum Gasteiger partial charge on any atom is 0.145 e. The highest BCUT2D eigenvalue weighted by Crippen LogP contribution is 2.22. The van der Waals surface area contributed by atoms with Crippen molar-refractivity contribution in [2.45, 2.75) is 6.92 Å². The number of rotatable bonds is 1. The summed E-state index contributed by atoms with van der Waals surface area (Å²) >= 11 is 0. The summed E-state index contributed by atoms with van der Waals surface area (Å²) in [6.45, 7) is 4.95. The summed E-state index contributed by atoms with van der Waals surface area (Å²) < 4.78 is 7.06. The highest BCUT2D eigenvalue weighted by molar-refractivity contribution is 5.57. The summed E-state index contributed by atoms with van der Waals surface area (Å²) in [5, 5.41) is 13.4. The first kappa shape index (κ1) is 9.99. The number of hydrogen-bond acceptors (Lipinski definition) is 4. The SMILES string of the molecule is Cc1nn(C)c(N2CCOCC2)c1C#N. The molecule has 0 unspecified atom stereocenters. The van der Waals surface area contributed by atoms with Gasteiger partial charge in [-0.15, -0.1) is 0 Å². The van der Waals surface area contributed by atoms with E-state index in [9.17, 15) is 0 Å². The van der Waals surface area contributed by atoms with Gasteiger partial charge in [0.15, 0.2) is 0 Å². The molecule has 80 valence electrons. The molecule has 0 aromatic carbocycles. The zero-order valence-corrected chi connectivity index (χ0v) is 9.03. The minimum Gasteiger partial charge on any atom is -0.378 e. The second kappa shape index (κ2) is 3.91. The number of anilines is 1. The van der Waals surface area contributed by atoms with Crippen molar-refractivity contribution in [1.82, 2.24) is 9.78 Å². The first-order valence-electron chi connectivity index (χ1n) is 5.00. The Balaban J connectivity index is 2.37. The van der Waals surface area contributed by atoms with Crippen molar-refractivity contribution < 1.29 is 4.74 Å². The maximum atomic E-state index is 9.08. The minimum absolute atomic E-state index is 0.680. The first-order valence-corrected chi connectivity index (χ1v) is 5.00. The molecule has 1 saturated heterocycles. The Morgan fingerprint density at radius 3 is 2.67 bits per heavy atom. The van der Waals surface area contributed by atoms with Crippen LogP contribution in [0.15, 0.2) is 0 Å². The second-order valence-corrected chi connectivity index (χ2v) is 3.62. The van der Waals surface area contributed by atoms with E-state index in [1.807, 2.05) is 14.0 Å². The van der Waals surface area contributed by atoms with Crippen molar-refractivity contribution in [3.63, 3.8) is 0 Å². The lowest BCUT2D eigenvalue weighted by Crippen LogP contribution is -2.37. The van der Waals surface area contributed by atoms with Gasteiger partial charge in [-0.25, -0.2) is 0 Å². The van der Waals surface area contributed by atoms with Crippen LogP contribution in [0.5, 0.6) is 0 Å². The van der Waals surface area contributed by atoms with Crippen molar-refractivity contribution in [3.05, 3.63) is 11.3 Å². The molecule has 0 aliphatic carbocycles. The molecule has 0 radical (unpaired) electrons. The molecule has 2 heterocycles. The Labute approximate surface area is 88.9 Å². The number of nitrogens with zero attached hydrogens (tertiary/aromatic N) is 4. The molecular weight excluding hydrogens is 192 g/mol. The van der Waals surface area contributed by atoms with Crippen molar-refractivity contribution in [2.75, 3.05) is 31.2 Å². The number of hydrogen-bond donors (Lipinski definition) is 0. The monoisotopic (exact) mass is 206 g/mol. The van der Waals surface area contributed by atoms with E-state index in [-0.39, 0.29) is 0 Å². The van der Waals surface area contributed by atoms with Crippen LogP contribution >= 0.6 is 0 Å². The molecule has 0 spiro atoms. The fraction of sp³-hybridized carbons (Fsp3) is 0.600. The third kappa shape index (κ3) is 1.68. The van der Waals surface area contributed by atoms with E-state index in [0.29, 0.717) is 5.56 Å². The fourth-order valence-corrected chi connectivity index (χ4v) is 1.91. The van der Waals surface area contributed by atoms with Gasteiger partial charge in [0.2, 0.25) is 0 Å². The fourth-order valence-electron chi connectivity index (χ4n) is 1.91. The first-order chi connectivity index (χ1) is 7.24. The van der Waals surface area contributed by atoms with E-state index in [1.54, 1.807) is 4.68 Å². The van der Waals surface area contributed by atoms with Crippen molar-refractivity contribution in [2.24, 2.45) is 7.05 Å². The second-order valence-electron chi connectivity index (χ2n) is 3.62. The molecule has 5 nitrogen and oxygen atoms in total. The molecular formula is C10H14N4O. The van der Waals surface area contributed by atoms with Crippen LogP contribution in [0.3, 0.4) is 0 Å². The van der Waals surface area contributed by atoms with E-state index in [2.05, 4.69) is 16.1 Å². The van der Waals surface area contributed by atoms with Crippen LogP contribution in [-0.2, 0) is 11.8 Å². The molecule has 0 N–H and O–H groups in total. The molecule has 0 atom stereocenters. The zero-order chi connectivity index (χ0) is 10.8. The van der Waals surface area contributed by atoms with Gasteiger partial charge in [0.25, 0.3) is 0 Å². The zero-order valence-electron chi connectivity index (χ0n) is 9.03. The van der Waals surface area contributed by atoms with Gasteiger partial charge in [-0.3, -0.25) is 4.68 Å². The van der Waals surface area contributed by atoms with Gasteiger partial charge in [-0.2, -0.15) is 10.4 Å². The van der Waals surface area contributed by atoms with Crippen LogP contribution < -0.4 is 4.90 Å². The van der Waals surface area contributed by atoms with Crippen LogP contribution in [0.2, 0.25) is 0 Å². The Morgan fingerprint density at radius 1 is 1.40 bits per heavy atom. The lowest BCUT2D eigenvalue weighted by Gasteiger charge is -2.28. The molecule has 1 aliphatic rings. The van der Waals surface area contributed by atoms with Crippen LogP contribution in [-0.4, -0.2) is 36.1 Å². The number of ether oxygens (including phenoxy) is 1. The average molecular weight is 206 g/mol. The third-order valence-electron chi connectivity index (χ3n) is 2.61. The smallest absolute Gasteiger partial charge is 0.145 e. The molecule has 15 heavy (non-hydrogen) atoms. The lowest BCUT2D eigenvalue weighted by atomic mass is 10.2. The number of nitriles is 1. The highest BCUT2D eigenvalue weighted by Gasteiger charge is 2.20. The quantitative estimate of drug-likeness (QED) is 0.669. The molecule has 2 rings (SSSR count). The van der Waals surface area contributed by atoms with Crippen LogP contribution in [0.4, 0.5) is 5.82 Å². The average Bonchev–Trinajstić information content (AvgIpc) is 2.54. The summed E-state index contributed by atoms with van der Waals surface area (Å²) in [5.41, 5.74) is 1.47. The van der Waals surface area contributed by atoms with Crippen molar-refractivity contribution >= 4 is 5.82 Å². The Bertz CT molecular complexity index is 398. The summed E-state index contributed by atoms with van der Waals surface area (Å²) in [4.78, 5) is 2.15. The number of morpholine rings is 1. The van der Waals surface area contributed by atoms with Crippen LogP contribution in [0.1, 0.15) is 11.3 Å². The topological polar surface area (TPSA) is 54.1 Å². The van der Waals surface area contributed by atoms with E-state index >= 15 is 0 Å². The van der Waals surface area contributed by atoms with Gasteiger partial charge in [-0.05, 0) is 6.92 Å². The Morgan fingerprint density at radius 2 is 2.07 bits per heavy atom. The standard InChI is InChI=1S/C10H14N4O/c1-8-9(7-11)10(13(2)12-8)14-3-5-15-6-4-14/h3-6H2,1-2H3. The van der Waals surface area contributed by atoms with Gasteiger partial charge in [0.05, 0.1) is 18.9 Å². The van der Waals surface area contributed by atoms with Gasteiger partial charge in [-0.1, -0.05) is 0 Å². The van der Waals surface area contributed by atoms with Crippen LogP contribution in [0, 0.1) is 18.3 Å². The van der Waals surface area contributed by atoms with E-state index in [4.69, 9.17) is 10.00 Å². The summed E-state index contributed by atoms with van der Waals surface area (Å²) in [6, 6.07) is 2.22.